The van der Waals surface area contributed by atoms with Crippen molar-refractivity contribution < 1.29 is 9.50 Å². The van der Waals surface area contributed by atoms with Gasteiger partial charge in [0.1, 0.15) is 6.17 Å². The molecule has 54 valence electrons. The van der Waals surface area contributed by atoms with Gasteiger partial charge in [-0.3, -0.25) is 0 Å². The molecule has 0 spiro atoms. The molecule has 0 bridgehead atoms. The van der Waals surface area contributed by atoms with E-state index >= 15 is 0 Å². The molecule has 9 heavy (non-hydrogen) atoms. The Kier molecular flexibility index (Phi) is 2.06. The van der Waals surface area contributed by atoms with Gasteiger partial charge in [-0.15, -0.1) is 0 Å². The van der Waals surface area contributed by atoms with Crippen LogP contribution in [0.25, 0.3) is 0 Å². The molecule has 0 aromatic heterocycles. The molecule has 0 radical (unpaired) electrons. The predicted octanol–water partition coefficient (Wildman–Crippen LogP) is 1.51. The lowest BCUT2D eigenvalue weighted by atomic mass is 9.87. The van der Waals surface area contributed by atoms with Gasteiger partial charge in [-0.25, -0.2) is 4.39 Å². The van der Waals surface area contributed by atoms with Gasteiger partial charge < -0.3 is 5.11 Å². The van der Waals surface area contributed by atoms with E-state index in [1.165, 1.54) is 0 Å². The van der Waals surface area contributed by atoms with Crippen molar-refractivity contribution in [2.45, 2.75) is 38.5 Å². The molecule has 1 N–H and O–H groups in total. The van der Waals surface area contributed by atoms with E-state index in [9.17, 15) is 4.39 Å². The maximum atomic E-state index is 12.6. The minimum Gasteiger partial charge on any atom is -0.393 e. The third-order valence-corrected chi connectivity index (χ3v) is 2.04. The van der Waals surface area contributed by atoms with Gasteiger partial charge in [-0.1, -0.05) is 6.92 Å². The summed E-state index contributed by atoms with van der Waals surface area (Å²) < 4.78 is 12.6. The second-order valence-electron chi connectivity index (χ2n) is 2.96. The maximum Gasteiger partial charge on any atom is 0.103 e. The first-order valence-electron chi connectivity index (χ1n) is 3.52. The summed E-state index contributed by atoms with van der Waals surface area (Å²) >= 11 is 0. The highest BCUT2D eigenvalue weighted by Gasteiger charge is 2.25. The molecule has 0 saturated heterocycles. The van der Waals surface area contributed by atoms with Crippen LogP contribution in [0.2, 0.25) is 0 Å². The van der Waals surface area contributed by atoms with Crippen LogP contribution in [0, 0.1) is 5.92 Å². The van der Waals surface area contributed by atoms with Crippen LogP contribution >= 0.6 is 0 Å². The number of aliphatic hydroxyl groups excluding tert-OH is 1. The average Bonchev–Trinajstić information content (AvgIpc) is 1.80. The normalized spacial score (nSPS) is 45.0. The molecule has 0 aromatic rings. The zero-order valence-electron chi connectivity index (χ0n) is 5.68. The van der Waals surface area contributed by atoms with Crippen LogP contribution in [0.5, 0.6) is 0 Å². The third kappa shape index (κ3) is 1.65. The lowest BCUT2D eigenvalue weighted by Gasteiger charge is -2.25. The van der Waals surface area contributed by atoms with Crippen molar-refractivity contribution in [2.75, 3.05) is 0 Å². The molecule has 0 heterocycles. The van der Waals surface area contributed by atoms with Crippen LogP contribution in [-0.2, 0) is 0 Å². The van der Waals surface area contributed by atoms with Crippen LogP contribution in [0.4, 0.5) is 4.39 Å². The summed E-state index contributed by atoms with van der Waals surface area (Å²) in [5.74, 6) is 0.0637. The molecule has 1 fully saturated rings. The second kappa shape index (κ2) is 2.65. The standard InChI is InChI=1S/C7H13FO/c1-5-4-6(9)2-3-7(5)8/h5-7,9H,2-4H2,1H3/t5-,6+,7-/m0/s1. The lowest BCUT2D eigenvalue weighted by molar-refractivity contribution is 0.0579. The van der Waals surface area contributed by atoms with Crippen molar-refractivity contribution in [3.63, 3.8) is 0 Å². The van der Waals surface area contributed by atoms with Crippen molar-refractivity contribution in [1.29, 1.82) is 0 Å². The molecule has 0 amide bonds. The van der Waals surface area contributed by atoms with E-state index in [0.717, 1.165) is 0 Å². The number of hydrogen-bond acceptors (Lipinski definition) is 1. The van der Waals surface area contributed by atoms with Gasteiger partial charge >= 0.3 is 0 Å². The summed E-state index contributed by atoms with van der Waals surface area (Å²) in [6.45, 7) is 1.85. The fourth-order valence-corrected chi connectivity index (χ4v) is 1.33. The Morgan fingerprint density at radius 3 is 2.56 bits per heavy atom. The minimum absolute atomic E-state index is 0.0637. The van der Waals surface area contributed by atoms with Crippen molar-refractivity contribution in [2.24, 2.45) is 5.92 Å². The summed E-state index contributed by atoms with van der Waals surface area (Å²) in [7, 11) is 0. The average molecular weight is 132 g/mol. The molecule has 2 heteroatoms. The molecule has 0 aliphatic heterocycles. The van der Waals surface area contributed by atoms with E-state index in [1.54, 1.807) is 0 Å². The zero-order valence-corrected chi connectivity index (χ0v) is 5.68. The van der Waals surface area contributed by atoms with E-state index in [0.29, 0.717) is 19.3 Å². The highest BCUT2D eigenvalue weighted by Crippen LogP contribution is 2.26. The summed E-state index contributed by atoms with van der Waals surface area (Å²) in [6, 6.07) is 0. The first-order chi connectivity index (χ1) is 4.20. The van der Waals surface area contributed by atoms with Gasteiger partial charge in [0, 0.05) is 0 Å². The van der Waals surface area contributed by atoms with Crippen LogP contribution in [-0.4, -0.2) is 17.4 Å². The van der Waals surface area contributed by atoms with Gasteiger partial charge in [0.2, 0.25) is 0 Å². The maximum absolute atomic E-state index is 12.6. The van der Waals surface area contributed by atoms with E-state index in [2.05, 4.69) is 0 Å². The van der Waals surface area contributed by atoms with Crippen LogP contribution < -0.4 is 0 Å². The quantitative estimate of drug-likeness (QED) is 0.529. The van der Waals surface area contributed by atoms with Crippen LogP contribution in [0.15, 0.2) is 0 Å². The van der Waals surface area contributed by atoms with Crippen LogP contribution in [0.3, 0.4) is 0 Å². The molecular formula is C7H13FO. The zero-order chi connectivity index (χ0) is 6.85. The molecule has 1 rings (SSSR count). The molecule has 1 saturated carbocycles. The van der Waals surface area contributed by atoms with E-state index in [-0.39, 0.29) is 12.0 Å². The minimum atomic E-state index is -0.673. The summed E-state index contributed by atoms with van der Waals surface area (Å²) in [6.07, 6.45) is 0.912. The number of hydrogen-bond donors (Lipinski definition) is 1. The molecule has 1 aliphatic rings. The second-order valence-corrected chi connectivity index (χ2v) is 2.96. The SMILES string of the molecule is C[C@H]1C[C@H](O)CC[C@@H]1F. The summed E-state index contributed by atoms with van der Waals surface area (Å²) in [4.78, 5) is 0. The summed E-state index contributed by atoms with van der Waals surface area (Å²) in [5.41, 5.74) is 0. The Hall–Kier alpha value is -0.110. The van der Waals surface area contributed by atoms with Gasteiger partial charge in [-0.05, 0) is 25.2 Å². The van der Waals surface area contributed by atoms with Crippen molar-refractivity contribution in [1.82, 2.24) is 0 Å². The lowest BCUT2D eigenvalue weighted by Crippen LogP contribution is -2.26. The molecule has 0 unspecified atom stereocenters. The monoisotopic (exact) mass is 132 g/mol. The van der Waals surface area contributed by atoms with E-state index in [1.807, 2.05) is 6.92 Å². The molecule has 1 aliphatic carbocycles. The Morgan fingerprint density at radius 2 is 2.11 bits per heavy atom. The first kappa shape index (κ1) is 7.00. The Balaban J connectivity index is 2.35. The molecule has 3 atom stereocenters. The topological polar surface area (TPSA) is 20.2 Å². The van der Waals surface area contributed by atoms with E-state index in [4.69, 9.17) is 5.11 Å². The van der Waals surface area contributed by atoms with Gasteiger partial charge in [0.15, 0.2) is 0 Å². The predicted molar refractivity (Wildman–Crippen MR) is 33.9 cm³/mol. The number of rotatable bonds is 0. The van der Waals surface area contributed by atoms with E-state index < -0.39 is 6.17 Å². The molecule has 1 nitrogen and oxygen atoms in total. The largest absolute Gasteiger partial charge is 0.393 e. The molecular weight excluding hydrogens is 119 g/mol. The van der Waals surface area contributed by atoms with Crippen LogP contribution in [0.1, 0.15) is 26.2 Å². The van der Waals surface area contributed by atoms with Gasteiger partial charge in [0.25, 0.3) is 0 Å². The fraction of sp³-hybridized carbons (Fsp3) is 1.00. The number of alkyl halides is 1. The Labute approximate surface area is 54.9 Å². The van der Waals surface area contributed by atoms with Crippen molar-refractivity contribution >= 4 is 0 Å². The number of halogens is 1. The Morgan fingerprint density at radius 1 is 1.44 bits per heavy atom. The van der Waals surface area contributed by atoms with Crippen molar-refractivity contribution in [3.8, 4) is 0 Å². The molecule has 0 aromatic carbocycles. The smallest absolute Gasteiger partial charge is 0.103 e. The highest BCUT2D eigenvalue weighted by atomic mass is 19.1. The van der Waals surface area contributed by atoms with Crippen molar-refractivity contribution in [3.05, 3.63) is 0 Å². The summed E-state index contributed by atoms with van der Waals surface area (Å²) in [5, 5.41) is 9.03. The fourth-order valence-electron chi connectivity index (χ4n) is 1.33. The Bertz CT molecular complexity index is 94.9. The van der Waals surface area contributed by atoms with Gasteiger partial charge in [-0.2, -0.15) is 0 Å². The van der Waals surface area contributed by atoms with Gasteiger partial charge in [0.05, 0.1) is 6.10 Å². The highest BCUT2D eigenvalue weighted by molar-refractivity contribution is 4.76. The number of aliphatic hydroxyl groups is 1. The first-order valence-corrected chi connectivity index (χ1v) is 3.52. The third-order valence-electron chi connectivity index (χ3n) is 2.04.